The van der Waals surface area contributed by atoms with Crippen LogP contribution in [0.5, 0.6) is 0 Å². The molecule has 0 bridgehead atoms. The molecule has 17 heavy (non-hydrogen) atoms. The van der Waals surface area contributed by atoms with Crippen LogP contribution in [0.1, 0.15) is 6.92 Å². The highest BCUT2D eigenvalue weighted by atomic mass is 35.5. The van der Waals surface area contributed by atoms with Crippen LogP contribution in [-0.4, -0.2) is 30.1 Å². The van der Waals surface area contributed by atoms with Crippen molar-refractivity contribution >= 4 is 27.7 Å². The molecule has 96 valence electrons. The average molecular weight is 282 g/mol. The molecule has 0 aromatic heterocycles. The summed E-state index contributed by atoms with van der Waals surface area (Å²) >= 11 is 5.49. The second kappa shape index (κ2) is 6.55. The minimum atomic E-state index is -4.08. The largest absolute Gasteiger partial charge is 0.480 e. The third-order valence-corrected chi connectivity index (χ3v) is 2.62. The second-order valence-electron chi connectivity index (χ2n) is 3.06. The van der Waals surface area contributed by atoms with Crippen LogP contribution in [0.15, 0.2) is 29.2 Å². The molecule has 1 atom stereocenters. The molecule has 0 heterocycles. The molecule has 0 saturated heterocycles. The Morgan fingerprint density at radius 1 is 1.35 bits per heavy atom. The molecule has 0 amide bonds. The molecule has 4 N–H and O–H groups in total. The van der Waals surface area contributed by atoms with Gasteiger partial charge >= 0.3 is 5.97 Å². The van der Waals surface area contributed by atoms with Gasteiger partial charge in [-0.05, 0) is 31.2 Å². The lowest BCUT2D eigenvalue weighted by Crippen LogP contribution is -2.25. The third kappa shape index (κ3) is 6.90. The first kappa shape index (κ1) is 15.9. The van der Waals surface area contributed by atoms with Crippen molar-refractivity contribution in [3.63, 3.8) is 0 Å². The predicted octanol–water partition coefficient (Wildman–Crippen LogP) is 1.00. The topological polar surface area (TPSA) is 118 Å². The summed E-state index contributed by atoms with van der Waals surface area (Å²) in [6.45, 7) is 1.42. The Hall–Kier alpha value is -1.15. The van der Waals surface area contributed by atoms with E-state index >= 15 is 0 Å². The summed E-state index contributed by atoms with van der Waals surface area (Å²) in [6, 6.07) is 4.52. The molecule has 1 aromatic rings. The molecular formula is C9H12ClNO5S. The van der Waals surface area contributed by atoms with Crippen LogP contribution in [0.4, 0.5) is 0 Å². The van der Waals surface area contributed by atoms with Crippen LogP contribution >= 0.6 is 11.6 Å². The van der Waals surface area contributed by atoms with E-state index in [-0.39, 0.29) is 4.90 Å². The highest BCUT2D eigenvalue weighted by molar-refractivity contribution is 7.85. The monoisotopic (exact) mass is 281 g/mol. The van der Waals surface area contributed by atoms with Gasteiger partial charge in [-0.3, -0.25) is 9.35 Å². The van der Waals surface area contributed by atoms with E-state index in [1.165, 1.54) is 31.2 Å². The van der Waals surface area contributed by atoms with Gasteiger partial charge in [0, 0.05) is 5.02 Å². The lowest BCUT2D eigenvalue weighted by atomic mass is 10.4. The van der Waals surface area contributed by atoms with Crippen molar-refractivity contribution in [3.8, 4) is 0 Å². The van der Waals surface area contributed by atoms with Crippen molar-refractivity contribution in [1.82, 2.24) is 0 Å². The van der Waals surface area contributed by atoms with E-state index < -0.39 is 22.1 Å². The molecule has 6 nitrogen and oxygen atoms in total. The van der Waals surface area contributed by atoms with Crippen molar-refractivity contribution in [2.45, 2.75) is 17.9 Å². The summed E-state index contributed by atoms with van der Waals surface area (Å²) < 4.78 is 29.4. The fourth-order valence-electron chi connectivity index (χ4n) is 0.607. The molecule has 0 aliphatic heterocycles. The van der Waals surface area contributed by atoms with E-state index in [9.17, 15) is 13.2 Å². The van der Waals surface area contributed by atoms with E-state index in [4.69, 9.17) is 27.0 Å². The van der Waals surface area contributed by atoms with Crippen molar-refractivity contribution in [2.24, 2.45) is 5.73 Å². The first-order chi connectivity index (χ1) is 7.64. The van der Waals surface area contributed by atoms with Crippen LogP contribution in [0.3, 0.4) is 0 Å². The van der Waals surface area contributed by atoms with Gasteiger partial charge < -0.3 is 10.8 Å². The van der Waals surface area contributed by atoms with E-state index in [1.54, 1.807) is 0 Å². The standard InChI is InChI=1S/C6H5ClO3S.C3H7NO2/c7-5-1-3-6(4-2-5)11(8,9)10;1-2(4)3(5)6/h1-4H,(H,8,9,10);2H,4H2,1H3,(H,5,6)/t;2-/m.0/s1. The first-order valence-corrected chi connectivity index (χ1v) is 6.18. The number of halogens is 1. The molecule has 0 aliphatic carbocycles. The molecule has 0 saturated carbocycles. The molecule has 1 rings (SSSR count). The van der Waals surface area contributed by atoms with E-state index in [2.05, 4.69) is 0 Å². The average Bonchev–Trinajstić information content (AvgIpc) is 2.17. The minimum Gasteiger partial charge on any atom is -0.480 e. The van der Waals surface area contributed by atoms with Crippen molar-refractivity contribution in [2.75, 3.05) is 0 Å². The van der Waals surface area contributed by atoms with E-state index in [0.717, 1.165) is 0 Å². The normalized spacial score (nSPS) is 12.2. The molecule has 0 aliphatic rings. The number of carboxylic acid groups (broad SMARTS) is 1. The number of hydrogen-bond acceptors (Lipinski definition) is 4. The summed E-state index contributed by atoms with van der Waals surface area (Å²) in [5, 5.41) is 8.29. The van der Waals surface area contributed by atoms with Gasteiger partial charge in [-0.25, -0.2) is 0 Å². The van der Waals surface area contributed by atoms with Gasteiger partial charge in [-0.1, -0.05) is 11.6 Å². The smallest absolute Gasteiger partial charge is 0.320 e. The van der Waals surface area contributed by atoms with Crippen molar-refractivity contribution in [3.05, 3.63) is 29.3 Å². The summed E-state index contributed by atoms with van der Waals surface area (Å²) in [5.74, 6) is -0.963. The van der Waals surface area contributed by atoms with Gasteiger partial charge in [0.1, 0.15) is 6.04 Å². The molecule has 0 fully saturated rings. The Labute approximate surface area is 104 Å². The van der Waals surface area contributed by atoms with Gasteiger partial charge in [0.15, 0.2) is 0 Å². The van der Waals surface area contributed by atoms with Crippen molar-refractivity contribution in [1.29, 1.82) is 0 Å². The molecule has 1 aromatic carbocycles. The lowest BCUT2D eigenvalue weighted by molar-refractivity contribution is -0.138. The third-order valence-electron chi connectivity index (χ3n) is 1.50. The highest BCUT2D eigenvalue weighted by Gasteiger charge is 2.07. The maximum atomic E-state index is 10.5. The van der Waals surface area contributed by atoms with Crippen molar-refractivity contribution < 1.29 is 22.9 Å². The molecule has 0 radical (unpaired) electrons. The summed E-state index contributed by atoms with van der Waals surface area (Å²) in [4.78, 5) is 9.42. The Bertz CT molecular complexity index is 469. The Kier molecular flexibility index (Phi) is 6.11. The maximum Gasteiger partial charge on any atom is 0.320 e. The zero-order chi connectivity index (χ0) is 13.6. The van der Waals surface area contributed by atoms with E-state index in [0.29, 0.717) is 5.02 Å². The molecule has 8 heteroatoms. The number of nitrogens with two attached hydrogens (primary N) is 1. The highest BCUT2D eigenvalue weighted by Crippen LogP contribution is 2.12. The molecular weight excluding hydrogens is 270 g/mol. The Morgan fingerprint density at radius 2 is 1.71 bits per heavy atom. The van der Waals surface area contributed by atoms with Crippen LogP contribution in [-0.2, 0) is 14.9 Å². The summed E-state index contributed by atoms with van der Waals surface area (Å²) in [5.41, 5.74) is 4.84. The predicted molar refractivity (Wildman–Crippen MR) is 62.6 cm³/mol. The number of hydrogen-bond donors (Lipinski definition) is 3. The quantitative estimate of drug-likeness (QED) is 0.696. The SMILES string of the molecule is C[C@H](N)C(=O)O.O=S(=O)(O)c1ccc(Cl)cc1. The van der Waals surface area contributed by atoms with Gasteiger partial charge in [0.25, 0.3) is 10.1 Å². The number of carbonyl (C=O) groups is 1. The van der Waals surface area contributed by atoms with Gasteiger partial charge in [-0.15, -0.1) is 0 Å². The maximum absolute atomic E-state index is 10.5. The van der Waals surface area contributed by atoms with Crippen LogP contribution in [0, 0.1) is 0 Å². The number of benzene rings is 1. The van der Waals surface area contributed by atoms with Gasteiger partial charge in [-0.2, -0.15) is 8.42 Å². The number of rotatable bonds is 2. The minimum absolute atomic E-state index is 0.151. The van der Waals surface area contributed by atoms with Gasteiger partial charge in [0.05, 0.1) is 4.90 Å². The van der Waals surface area contributed by atoms with Crippen LogP contribution < -0.4 is 5.73 Å². The van der Waals surface area contributed by atoms with E-state index in [1.807, 2.05) is 0 Å². The number of carboxylic acids is 1. The molecule has 0 unspecified atom stereocenters. The Balaban J connectivity index is 0.000000366. The molecule has 0 spiro atoms. The second-order valence-corrected chi connectivity index (χ2v) is 4.91. The summed E-state index contributed by atoms with van der Waals surface area (Å²) in [7, 11) is -4.08. The Morgan fingerprint density at radius 3 is 1.94 bits per heavy atom. The van der Waals surface area contributed by atoms with Crippen LogP contribution in [0.25, 0.3) is 0 Å². The zero-order valence-corrected chi connectivity index (χ0v) is 10.4. The first-order valence-electron chi connectivity index (χ1n) is 4.36. The number of aliphatic carboxylic acids is 1. The summed E-state index contributed by atoms with van der Waals surface area (Å²) in [6.07, 6.45) is 0. The fraction of sp³-hybridized carbons (Fsp3) is 0.222. The van der Waals surface area contributed by atoms with Crippen LogP contribution in [0.2, 0.25) is 5.02 Å². The zero-order valence-electron chi connectivity index (χ0n) is 8.87. The van der Waals surface area contributed by atoms with Gasteiger partial charge in [0.2, 0.25) is 0 Å². The fourth-order valence-corrected chi connectivity index (χ4v) is 1.21. The lowest BCUT2D eigenvalue weighted by Gasteiger charge is -1.94.